The van der Waals surface area contributed by atoms with Crippen molar-refractivity contribution in [2.45, 2.75) is 12.8 Å². The summed E-state index contributed by atoms with van der Waals surface area (Å²) in [5, 5.41) is 4.39. The number of rotatable bonds is 7. The predicted octanol–water partition coefficient (Wildman–Crippen LogP) is 1.40. The topological polar surface area (TPSA) is 21.3 Å². The normalized spacial score (nSPS) is 10.2. The van der Waals surface area contributed by atoms with Crippen LogP contribution in [0.25, 0.3) is 0 Å². The standard InChI is InChI=1S/C7H16BrNO/c1-10-7-6-9-5-3-2-4-8/h9H,2-7H2,1H3. The van der Waals surface area contributed by atoms with Crippen molar-refractivity contribution >= 4 is 15.9 Å². The maximum absolute atomic E-state index is 4.88. The number of nitrogens with one attached hydrogen (secondary N) is 1. The predicted molar refractivity (Wildman–Crippen MR) is 47.8 cm³/mol. The molecule has 0 heterocycles. The fourth-order valence-electron chi connectivity index (χ4n) is 0.644. The molecule has 0 aromatic heterocycles. The third-order valence-electron chi connectivity index (χ3n) is 1.22. The highest BCUT2D eigenvalue weighted by atomic mass is 79.9. The van der Waals surface area contributed by atoms with Gasteiger partial charge in [-0.15, -0.1) is 0 Å². The molecule has 0 aliphatic carbocycles. The third-order valence-corrected chi connectivity index (χ3v) is 1.78. The Labute approximate surface area is 71.5 Å². The van der Waals surface area contributed by atoms with Crippen LogP contribution in [0.3, 0.4) is 0 Å². The summed E-state index contributed by atoms with van der Waals surface area (Å²) in [4.78, 5) is 0. The van der Waals surface area contributed by atoms with Crippen LogP contribution in [0.2, 0.25) is 0 Å². The highest BCUT2D eigenvalue weighted by Crippen LogP contribution is 1.90. The van der Waals surface area contributed by atoms with Crippen LogP contribution in [0.5, 0.6) is 0 Å². The zero-order chi connectivity index (χ0) is 7.66. The summed E-state index contributed by atoms with van der Waals surface area (Å²) in [7, 11) is 1.72. The molecule has 0 spiro atoms. The van der Waals surface area contributed by atoms with Gasteiger partial charge < -0.3 is 10.1 Å². The lowest BCUT2D eigenvalue weighted by atomic mass is 10.3. The summed E-state index contributed by atoms with van der Waals surface area (Å²) < 4.78 is 4.88. The number of halogens is 1. The lowest BCUT2D eigenvalue weighted by Crippen LogP contribution is -2.20. The summed E-state index contributed by atoms with van der Waals surface area (Å²) in [5.41, 5.74) is 0. The molecule has 0 aromatic rings. The van der Waals surface area contributed by atoms with E-state index in [9.17, 15) is 0 Å². The molecule has 0 saturated carbocycles. The molecule has 62 valence electrons. The zero-order valence-electron chi connectivity index (χ0n) is 6.53. The van der Waals surface area contributed by atoms with Crippen LogP contribution in [-0.4, -0.2) is 32.1 Å². The van der Waals surface area contributed by atoms with Gasteiger partial charge >= 0.3 is 0 Å². The van der Waals surface area contributed by atoms with E-state index in [1.54, 1.807) is 7.11 Å². The van der Waals surface area contributed by atoms with Crippen molar-refractivity contribution in [2.24, 2.45) is 0 Å². The van der Waals surface area contributed by atoms with Crippen LogP contribution in [-0.2, 0) is 4.74 Å². The largest absolute Gasteiger partial charge is 0.383 e. The van der Waals surface area contributed by atoms with Crippen LogP contribution in [0.1, 0.15) is 12.8 Å². The lowest BCUT2D eigenvalue weighted by Gasteiger charge is -2.01. The summed E-state index contributed by atoms with van der Waals surface area (Å²) in [6.45, 7) is 2.89. The first kappa shape index (κ1) is 10.4. The molecule has 0 aromatic carbocycles. The molecule has 0 bridgehead atoms. The highest BCUT2D eigenvalue weighted by molar-refractivity contribution is 9.09. The molecule has 0 aliphatic heterocycles. The van der Waals surface area contributed by atoms with Crippen molar-refractivity contribution in [1.29, 1.82) is 0 Å². The summed E-state index contributed by atoms with van der Waals surface area (Å²) in [5.74, 6) is 0. The van der Waals surface area contributed by atoms with Crippen molar-refractivity contribution in [3.63, 3.8) is 0 Å². The van der Waals surface area contributed by atoms with E-state index in [4.69, 9.17) is 4.74 Å². The van der Waals surface area contributed by atoms with Gasteiger partial charge in [0.15, 0.2) is 0 Å². The molecule has 0 radical (unpaired) electrons. The van der Waals surface area contributed by atoms with Crippen molar-refractivity contribution < 1.29 is 4.74 Å². The molecule has 0 rings (SSSR count). The van der Waals surface area contributed by atoms with Gasteiger partial charge in [0.25, 0.3) is 0 Å². The fourth-order valence-corrected chi connectivity index (χ4v) is 1.04. The Balaban J connectivity index is 2.65. The van der Waals surface area contributed by atoms with Crippen LogP contribution < -0.4 is 5.32 Å². The van der Waals surface area contributed by atoms with Gasteiger partial charge in [-0.05, 0) is 19.4 Å². The molecule has 3 heteroatoms. The second kappa shape index (κ2) is 9.40. The first-order valence-corrected chi connectivity index (χ1v) is 4.79. The van der Waals surface area contributed by atoms with Crippen LogP contribution in [0.15, 0.2) is 0 Å². The smallest absolute Gasteiger partial charge is 0.0587 e. The van der Waals surface area contributed by atoms with Crippen LogP contribution >= 0.6 is 15.9 Å². The minimum atomic E-state index is 0.814. The molecule has 1 N–H and O–H groups in total. The Morgan fingerprint density at radius 2 is 2.10 bits per heavy atom. The molecular formula is C7H16BrNO. The molecule has 2 nitrogen and oxygen atoms in total. The van der Waals surface area contributed by atoms with E-state index < -0.39 is 0 Å². The quantitative estimate of drug-likeness (QED) is 0.506. The Hall–Kier alpha value is 0.400. The number of hydrogen-bond acceptors (Lipinski definition) is 2. The zero-order valence-corrected chi connectivity index (χ0v) is 8.11. The molecule has 0 amide bonds. The van der Waals surface area contributed by atoms with Crippen molar-refractivity contribution in [2.75, 3.05) is 32.1 Å². The SMILES string of the molecule is COCCNCCCCBr. The van der Waals surface area contributed by atoms with Gasteiger partial charge in [-0.25, -0.2) is 0 Å². The van der Waals surface area contributed by atoms with Crippen LogP contribution in [0, 0.1) is 0 Å². The van der Waals surface area contributed by atoms with E-state index >= 15 is 0 Å². The molecule has 0 saturated heterocycles. The van der Waals surface area contributed by atoms with Gasteiger partial charge in [0.05, 0.1) is 6.61 Å². The maximum Gasteiger partial charge on any atom is 0.0587 e. The van der Waals surface area contributed by atoms with E-state index in [1.807, 2.05) is 0 Å². The van der Waals surface area contributed by atoms with Gasteiger partial charge in [-0.2, -0.15) is 0 Å². The van der Waals surface area contributed by atoms with Crippen molar-refractivity contribution in [3.05, 3.63) is 0 Å². The van der Waals surface area contributed by atoms with E-state index in [0.29, 0.717) is 0 Å². The van der Waals surface area contributed by atoms with E-state index in [1.165, 1.54) is 12.8 Å². The highest BCUT2D eigenvalue weighted by Gasteiger charge is 1.85. The Morgan fingerprint density at radius 3 is 2.70 bits per heavy atom. The minimum absolute atomic E-state index is 0.814. The van der Waals surface area contributed by atoms with Crippen molar-refractivity contribution in [3.8, 4) is 0 Å². The molecular weight excluding hydrogens is 194 g/mol. The lowest BCUT2D eigenvalue weighted by molar-refractivity contribution is 0.199. The summed E-state index contributed by atoms with van der Waals surface area (Å²) in [6.07, 6.45) is 2.49. The summed E-state index contributed by atoms with van der Waals surface area (Å²) >= 11 is 3.38. The number of alkyl halides is 1. The fraction of sp³-hybridized carbons (Fsp3) is 1.00. The number of ether oxygens (including phenoxy) is 1. The molecule has 0 aliphatic rings. The van der Waals surface area contributed by atoms with Crippen LogP contribution in [0.4, 0.5) is 0 Å². The summed E-state index contributed by atoms with van der Waals surface area (Å²) in [6, 6.07) is 0. The second-order valence-corrected chi connectivity index (χ2v) is 2.93. The van der Waals surface area contributed by atoms with Gasteiger partial charge in [0.2, 0.25) is 0 Å². The molecule has 0 unspecified atom stereocenters. The van der Waals surface area contributed by atoms with Gasteiger partial charge in [-0.1, -0.05) is 15.9 Å². The minimum Gasteiger partial charge on any atom is -0.383 e. The number of hydrogen-bond donors (Lipinski definition) is 1. The van der Waals surface area contributed by atoms with E-state index in [0.717, 1.165) is 25.0 Å². The van der Waals surface area contributed by atoms with Gasteiger partial charge in [-0.3, -0.25) is 0 Å². The number of methoxy groups -OCH3 is 1. The third kappa shape index (κ3) is 8.40. The number of unbranched alkanes of at least 4 members (excludes halogenated alkanes) is 1. The Bertz CT molecular complexity index is 53.6. The Morgan fingerprint density at radius 1 is 1.30 bits per heavy atom. The molecule has 10 heavy (non-hydrogen) atoms. The first-order chi connectivity index (χ1) is 4.91. The van der Waals surface area contributed by atoms with E-state index in [2.05, 4.69) is 21.2 Å². The monoisotopic (exact) mass is 209 g/mol. The first-order valence-electron chi connectivity index (χ1n) is 3.67. The second-order valence-electron chi connectivity index (χ2n) is 2.14. The molecule has 0 atom stereocenters. The molecule has 0 fully saturated rings. The average Bonchev–Trinajstić information content (AvgIpc) is 1.97. The van der Waals surface area contributed by atoms with E-state index in [-0.39, 0.29) is 0 Å². The maximum atomic E-state index is 4.88. The van der Waals surface area contributed by atoms with Crippen molar-refractivity contribution in [1.82, 2.24) is 5.32 Å². The Kier molecular flexibility index (Phi) is 9.78. The average molecular weight is 210 g/mol. The van der Waals surface area contributed by atoms with Gasteiger partial charge in [0, 0.05) is 19.0 Å². The van der Waals surface area contributed by atoms with Gasteiger partial charge in [0.1, 0.15) is 0 Å².